The van der Waals surface area contributed by atoms with E-state index in [2.05, 4.69) is 59.2 Å². The van der Waals surface area contributed by atoms with Gasteiger partial charge in [-0.1, -0.05) is 61.8 Å². The van der Waals surface area contributed by atoms with E-state index in [1.54, 1.807) is 6.26 Å². The van der Waals surface area contributed by atoms with Crippen molar-refractivity contribution in [3.8, 4) is 0 Å². The number of rotatable bonds is 3. The number of aliphatic hydroxyl groups is 2. The van der Waals surface area contributed by atoms with E-state index in [1.165, 1.54) is 12.5 Å². The molecule has 2 aromatic heterocycles. The van der Waals surface area contributed by atoms with Crippen LogP contribution >= 0.6 is 12.6 Å². The van der Waals surface area contributed by atoms with E-state index in [9.17, 15) is 23.4 Å². The number of aromatic nitrogens is 2. The van der Waals surface area contributed by atoms with Crippen molar-refractivity contribution < 1.29 is 23.4 Å². The molecule has 2 atom stereocenters. The molecule has 8 heteroatoms. The molecule has 2 heterocycles. The van der Waals surface area contributed by atoms with Gasteiger partial charge in [0.15, 0.2) is 0 Å². The predicted molar refractivity (Wildman–Crippen MR) is 148 cm³/mol. The van der Waals surface area contributed by atoms with Gasteiger partial charge in [0.25, 0.3) is 0 Å². The van der Waals surface area contributed by atoms with Crippen LogP contribution in [0, 0.1) is 17.8 Å². The van der Waals surface area contributed by atoms with Gasteiger partial charge in [0.2, 0.25) is 0 Å². The van der Waals surface area contributed by atoms with E-state index in [4.69, 9.17) is 4.98 Å². The Balaban J connectivity index is 0.000000752. The summed E-state index contributed by atoms with van der Waals surface area (Å²) in [7, 11) is 0. The largest absolute Gasteiger partial charge is 0.417 e. The maximum atomic E-state index is 12.8. The lowest BCUT2D eigenvalue weighted by molar-refractivity contribution is -0.137. The standard InChI is InChI=1S/C22H27F3N2O2.C6H14.CH4S/c1-11(2)19-18(20(29)14-7-6-13(10-26-14)22(23,24)25)12(3)17-15(27-19)8-21(4,5)9-16(17)28;1-5-6(2,3)4;1-2/h6-7,10-11,16,20,28-29H,8-9H2,1-5H3;5H2,1-4H3;2H,1H3/t16?,20-;;/m0../s1. The highest BCUT2D eigenvalue weighted by Gasteiger charge is 2.36. The van der Waals surface area contributed by atoms with Gasteiger partial charge in [0, 0.05) is 28.7 Å². The van der Waals surface area contributed by atoms with Crippen LogP contribution in [0.5, 0.6) is 0 Å². The van der Waals surface area contributed by atoms with Gasteiger partial charge in [0.1, 0.15) is 6.10 Å². The van der Waals surface area contributed by atoms with Crippen molar-refractivity contribution in [1.29, 1.82) is 0 Å². The molecule has 0 radical (unpaired) electrons. The molecule has 0 aromatic carbocycles. The lowest BCUT2D eigenvalue weighted by Crippen LogP contribution is -2.29. The van der Waals surface area contributed by atoms with Crippen LogP contribution in [0.3, 0.4) is 0 Å². The quantitative estimate of drug-likeness (QED) is 0.344. The SMILES string of the molecule is CCC(C)(C)C.CS.Cc1c2c(nc(C(C)C)c1[C@@H](O)c1ccc(C(F)(F)F)cn1)CC(C)(C)CC2O. The third-order valence-corrected chi connectivity index (χ3v) is 6.65. The summed E-state index contributed by atoms with van der Waals surface area (Å²) in [4.78, 5) is 8.65. The first kappa shape index (κ1) is 33.4. The molecule has 0 saturated heterocycles. The molecule has 1 unspecified atom stereocenters. The van der Waals surface area contributed by atoms with Crippen LogP contribution in [0.25, 0.3) is 0 Å². The van der Waals surface area contributed by atoms with E-state index in [-0.39, 0.29) is 17.0 Å². The third kappa shape index (κ3) is 8.96. The van der Waals surface area contributed by atoms with Gasteiger partial charge >= 0.3 is 6.18 Å². The second kappa shape index (κ2) is 12.9. The summed E-state index contributed by atoms with van der Waals surface area (Å²) in [6.07, 6.45) is -1.42. The van der Waals surface area contributed by atoms with Crippen LogP contribution in [0.15, 0.2) is 18.3 Å². The average molecular weight is 543 g/mol. The molecule has 1 aliphatic rings. The molecule has 0 spiro atoms. The van der Waals surface area contributed by atoms with Crippen LogP contribution in [-0.2, 0) is 12.6 Å². The molecule has 2 aromatic rings. The number of halogens is 3. The van der Waals surface area contributed by atoms with Gasteiger partial charge < -0.3 is 10.2 Å². The molecule has 0 bridgehead atoms. The number of fused-ring (bicyclic) bond motifs is 1. The second-order valence-corrected chi connectivity index (χ2v) is 11.9. The van der Waals surface area contributed by atoms with Crippen LogP contribution in [-0.4, -0.2) is 26.4 Å². The molecule has 2 N–H and O–H groups in total. The number of alkyl halides is 3. The van der Waals surface area contributed by atoms with Crippen molar-refractivity contribution in [3.63, 3.8) is 0 Å². The van der Waals surface area contributed by atoms with Gasteiger partial charge in [-0.05, 0) is 60.5 Å². The van der Waals surface area contributed by atoms with Gasteiger partial charge in [-0.3, -0.25) is 9.97 Å². The Morgan fingerprint density at radius 3 is 2.08 bits per heavy atom. The Morgan fingerprint density at radius 2 is 1.68 bits per heavy atom. The number of pyridine rings is 2. The summed E-state index contributed by atoms with van der Waals surface area (Å²) in [5, 5.41) is 21.8. The fourth-order valence-electron chi connectivity index (χ4n) is 4.22. The van der Waals surface area contributed by atoms with Gasteiger partial charge in [-0.25, -0.2) is 0 Å². The highest BCUT2D eigenvalue weighted by atomic mass is 32.1. The molecule has 37 heavy (non-hydrogen) atoms. The second-order valence-electron chi connectivity index (χ2n) is 11.9. The van der Waals surface area contributed by atoms with Crippen molar-refractivity contribution in [2.24, 2.45) is 10.8 Å². The Hall–Kier alpha value is -1.64. The van der Waals surface area contributed by atoms with Gasteiger partial charge in [0.05, 0.1) is 17.4 Å². The Bertz CT molecular complexity index is 1010. The first-order valence-electron chi connectivity index (χ1n) is 12.7. The fraction of sp³-hybridized carbons (Fsp3) is 0.655. The first-order valence-corrected chi connectivity index (χ1v) is 13.6. The van der Waals surface area contributed by atoms with Gasteiger partial charge in [-0.15, -0.1) is 0 Å². The monoisotopic (exact) mass is 542 g/mol. The van der Waals surface area contributed by atoms with Crippen LogP contribution in [0.4, 0.5) is 13.2 Å². The third-order valence-electron chi connectivity index (χ3n) is 6.65. The summed E-state index contributed by atoms with van der Waals surface area (Å²) in [5.74, 6) is -0.0136. The minimum Gasteiger partial charge on any atom is -0.388 e. The molecule has 0 amide bonds. The van der Waals surface area contributed by atoms with Gasteiger partial charge in [-0.2, -0.15) is 25.8 Å². The number of hydrogen-bond donors (Lipinski definition) is 3. The van der Waals surface area contributed by atoms with Crippen molar-refractivity contribution in [2.45, 2.75) is 106 Å². The highest BCUT2D eigenvalue weighted by Crippen LogP contribution is 2.44. The molecule has 4 nitrogen and oxygen atoms in total. The lowest BCUT2D eigenvalue weighted by atomic mass is 9.72. The van der Waals surface area contributed by atoms with Crippen molar-refractivity contribution in [1.82, 2.24) is 9.97 Å². The number of nitrogens with zero attached hydrogens (tertiary/aromatic N) is 2. The summed E-state index contributed by atoms with van der Waals surface area (Å²) in [6, 6.07) is 2.11. The zero-order chi connectivity index (χ0) is 28.9. The maximum absolute atomic E-state index is 12.8. The van der Waals surface area contributed by atoms with Crippen molar-refractivity contribution >= 4 is 12.6 Å². The van der Waals surface area contributed by atoms with E-state index < -0.39 is 23.9 Å². The van der Waals surface area contributed by atoms with E-state index >= 15 is 0 Å². The lowest BCUT2D eigenvalue weighted by Gasteiger charge is -2.36. The first-order chi connectivity index (χ1) is 16.9. The van der Waals surface area contributed by atoms with Crippen molar-refractivity contribution in [3.05, 3.63) is 57.7 Å². The summed E-state index contributed by atoms with van der Waals surface area (Å²) in [6.45, 7) is 18.8. The van der Waals surface area contributed by atoms with Crippen LogP contribution in [0.1, 0.15) is 126 Å². The molecule has 0 aliphatic heterocycles. The normalized spacial score (nSPS) is 17.7. The molecule has 0 fully saturated rings. The zero-order valence-electron chi connectivity index (χ0n) is 24.0. The number of hydrogen-bond acceptors (Lipinski definition) is 5. The molecule has 1 aliphatic carbocycles. The Morgan fingerprint density at radius 1 is 1.14 bits per heavy atom. The Kier molecular flexibility index (Phi) is 11.7. The van der Waals surface area contributed by atoms with Crippen LogP contribution < -0.4 is 0 Å². The summed E-state index contributed by atoms with van der Waals surface area (Å²) >= 11 is 3.53. The molecule has 210 valence electrons. The summed E-state index contributed by atoms with van der Waals surface area (Å²) < 4.78 is 38.5. The minimum absolute atomic E-state index is 0.0136. The number of aliphatic hydroxyl groups excluding tert-OH is 2. The fourth-order valence-corrected chi connectivity index (χ4v) is 4.22. The average Bonchev–Trinajstić information content (AvgIpc) is 2.78. The Labute approximate surface area is 226 Å². The smallest absolute Gasteiger partial charge is 0.388 e. The van der Waals surface area contributed by atoms with E-state index in [0.717, 1.165) is 35.5 Å². The van der Waals surface area contributed by atoms with Crippen LogP contribution in [0.2, 0.25) is 0 Å². The minimum atomic E-state index is -4.49. The maximum Gasteiger partial charge on any atom is 0.417 e. The molecular formula is C29H45F3N2O2S. The predicted octanol–water partition coefficient (Wildman–Crippen LogP) is 8.00. The van der Waals surface area contributed by atoms with Crippen molar-refractivity contribution in [2.75, 3.05) is 6.26 Å². The summed E-state index contributed by atoms with van der Waals surface area (Å²) in [5.41, 5.74) is 3.18. The molecule has 0 saturated carbocycles. The number of thiol groups is 1. The zero-order valence-corrected chi connectivity index (χ0v) is 24.8. The van der Waals surface area contributed by atoms with E-state index in [0.29, 0.717) is 23.1 Å². The molecule has 3 rings (SSSR count). The topological polar surface area (TPSA) is 66.2 Å². The van der Waals surface area contributed by atoms with E-state index in [1.807, 2.05) is 20.8 Å². The highest BCUT2D eigenvalue weighted by molar-refractivity contribution is 7.79. The molecular weight excluding hydrogens is 497 g/mol.